The molecule has 1 aliphatic rings. The third kappa shape index (κ3) is 4.74. The van der Waals surface area contributed by atoms with Gasteiger partial charge in [-0.05, 0) is 36.2 Å². The van der Waals surface area contributed by atoms with Crippen molar-refractivity contribution in [2.45, 2.75) is 19.4 Å². The largest absolute Gasteiger partial charge is 0.497 e. The van der Waals surface area contributed by atoms with Crippen LogP contribution in [0.1, 0.15) is 17.5 Å². The van der Waals surface area contributed by atoms with Crippen LogP contribution in [0, 0.1) is 0 Å². The Labute approximate surface area is 175 Å². The molecule has 0 atom stereocenters. The molecular formula is C23H25ClN2O3. The average molecular weight is 413 g/mol. The summed E-state index contributed by atoms with van der Waals surface area (Å²) in [5.74, 6) is 0.898. The molecule has 0 aliphatic carbocycles. The van der Waals surface area contributed by atoms with Crippen LogP contribution in [-0.2, 0) is 17.8 Å². The van der Waals surface area contributed by atoms with Crippen molar-refractivity contribution in [1.29, 1.82) is 0 Å². The first-order chi connectivity index (χ1) is 14.1. The van der Waals surface area contributed by atoms with Gasteiger partial charge in [-0.2, -0.15) is 0 Å². The molecule has 6 heteroatoms. The maximum Gasteiger partial charge on any atom is 0.227 e. The number of benzene rings is 2. The summed E-state index contributed by atoms with van der Waals surface area (Å²) in [5.41, 5.74) is 2.92. The fourth-order valence-corrected chi connectivity index (χ4v) is 3.95. The molecule has 2 heterocycles. The van der Waals surface area contributed by atoms with E-state index in [-0.39, 0.29) is 5.91 Å². The van der Waals surface area contributed by atoms with Gasteiger partial charge in [0, 0.05) is 54.8 Å². The van der Waals surface area contributed by atoms with E-state index in [4.69, 9.17) is 20.8 Å². The van der Waals surface area contributed by atoms with Crippen LogP contribution in [0.2, 0.25) is 5.02 Å². The van der Waals surface area contributed by atoms with Crippen molar-refractivity contribution < 1.29 is 13.9 Å². The summed E-state index contributed by atoms with van der Waals surface area (Å²) in [6.07, 6.45) is 3.02. The smallest absolute Gasteiger partial charge is 0.227 e. The zero-order valence-electron chi connectivity index (χ0n) is 16.6. The molecule has 0 radical (unpaired) electrons. The van der Waals surface area contributed by atoms with E-state index in [0.717, 1.165) is 66.4 Å². The third-order valence-electron chi connectivity index (χ3n) is 5.47. The normalized spacial score (nSPS) is 15.4. The SMILES string of the molecule is COc1ccc2c(CC(=O)N3CCCN(Cc4ccc(Cl)cc4)CC3)coc2c1. The molecule has 1 saturated heterocycles. The molecule has 0 bridgehead atoms. The summed E-state index contributed by atoms with van der Waals surface area (Å²) < 4.78 is 10.9. The number of furan rings is 1. The van der Waals surface area contributed by atoms with E-state index in [1.54, 1.807) is 13.4 Å². The van der Waals surface area contributed by atoms with Crippen molar-refractivity contribution in [2.24, 2.45) is 0 Å². The van der Waals surface area contributed by atoms with Gasteiger partial charge >= 0.3 is 0 Å². The number of methoxy groups -OCH3 is 1. The van der Waals surface area contributed by atoms with E-state index < -0.39 is 0 Å². The van der Waals surface area contributed by atoms with Gasteiger partial charge in [-0.3, -0.25) is 9.69 Å². The Kier molecular flexibility index (Phi) is 6.07. The van der Waals surface area contributed by atoms with Gasteiger partial charge in [-0.1, -0.05) is 23.7 Å². The van der Waals surface area contributed by atoms with Crippen LogP contribution in [-0.4, -0.2) is 49.0 Å². The summed E-state index contributed by atoms with van der Waals surface area (Å²) in [6.45, 7) is 4.28. The maximum absolute atomic E-state index is 12.9. The molecule has 0 saturated carbocycles. The molecule has 0 N–H and O–H groups in total. The third-order valence-corrected chi connectivity index (χ3v) is 5.72. The van der Waals surface area contributed by atoms with Gasteiger partial charge in [-0.15, -0.1) is 0 Å². The second-order valence-electron chi connectivity index (χ2n) is 7.44. The highest BCUT2D eigenvalue weighted by atomic mass is 35.5. The topological polar surface area (TPSA) is 45.9 Å². The van der Waals surface area contributed by atoms with Crippen LogP contribution in [0.25, 0.3) is 11.0 Å². The molecule has 3 aromatic rings. The molecule has 4 rings (SSSR count). The Morgan fingerprint density at radius 1 is 1.10 bits per heavy atom. The Morgan fingerprint density at radius 3 is 2.72 bits per heavy atom. The van der Waals surface area contributed by atoms with E-state index in [1.165, 1.54) is 5.56 Å². The molecule has 152 valence electrons. The lowest BCUT2D eigenvalue weighted by Gasteiger charge is -2.22. The van der Waals surface area contributed by atoms with Gasteiger partial charge in [0.25, 0.3) is 0 Å². The quantitative estimate of drug-likeness (QED) is 0.624. The van der Waals surface area contributed by atoms with Gasteiger partial charge in [0.1, 0.15) is 11.3 Å². The number of nitrogens with zero attached hydrogens (tertiary/aromatic N) is 2. The number of hydrogen-bond acceptors (Lipinski definition) is 4. The first-order valence-corrected chi connectivity index (χ1v) is 10.3. The average Bonchev–Trinajstić information content (AvgIpc) is 2.97. The number of rotatable bonds is 5. The van der Waals surface area contributed by atoms with Crippen molar-refractivity contribution in [1.82, 2.24) is 9.80 Å². The Morgan fingerprint density at radius 2 is 1.93 bits per heavy atom. The van der Waals surface area contributed by atoms with E-state index >= 15 is 0 Å². The van der Waals surface area contributed by atoms with Crippen LogP contribution in [0.4, 0.5) is 0 Å². The molecule has 1 fully saturated rings. The molecule has 2 aromatic carbocycles. The number of amides is 1. The molecule has 5 nitrogen and oxygen atoms in total. The summed E-state index contributed by atoms with van der Waals surface area (Å²) in [5, 5.41) is 1.73. The minimum atomic E-state index is 0.150. The Balaban J connectivity index is 1.36. The summed E-state index contributed by atoms with van der Waals surface area (Å²) >= 11 is 5.97. The molecule has 29 heavy (non-hydrogen) atoms. The van der Waals surface area contributed by atoms with Crippen LogP contribution in [0.3, 0.4) is 0 Å². The lowest BCUT2D eigenvalue weighted by Crippen LogP contribution is -2.36. The Hall–Kier alpha value is -2.50. The monoisotopic (exact) mass is 412 g/mol. The van der Waals surface area contributed by atoms with E-state index in [1.807, 2.05) is 35.2 Å². The summed E-state index contributed by atoms with van der Waals surface area (Å²) in [4.78, 5) is 17.3. The van der Waals surface area contributed by atoms with E-state index in [0.29, 0.717) is 6.42 Å². The molecule has 1 aliphatic heterocycles. The zero-order chi connectivity index (χ0) is 20.2. The van der Waals surface area contributed by atoms with Gasteiger partial charge in [-0.25, -0.2) is 0 Å². The van der Waals surface area contributed by atoms with Crippen molar-refractivity contribution in [2.75, 3.05) is 33.3 Å². The maximum atomic E-state index is 12.9. The predicted molar refractivity (Wildman–Crippen MR) is 114 cm³/mol. The first-order valence-electron chi connectivity index (χ1n) is 9.91. The number of hydrogen-bond donors (Lipinski definition) is 0. The number of fused-ring (bicyclic) bond motifs is 1. The first kappa shape index (κ1) is 19.8. The summed E-state index contributed by atoms with van der Waals surface area (Å²) in [6, 6.07) is 13.7. The fourth-order valence-electron chi connectivity index (χ4n) is 3.83. The van der Waals surface area contributed by atoms with Gasteiger partial charge in [0.2, 0.25) is 5.91 Å². The van der Waals surface area contributed by atoms with Crippen molar-refractivity contribution in [3.05, 3.63) is 64.9 Å². The number of halogens is 1. The van der Waals surface area contributed by atoms with E-state index in [9.17, 15) is 4.79 Å². The molecule has 0 spiro atoms. The van der Waals surface area contributed by atoms with Gasteiger partial charge < -0.3 is 14.1 Å². The van der Waals surface area contributed by atoms with Crippen molar-refractivity contribution in [3.63, 3.8) is 0 Å². The van der Waals surface area contributed by atoms with E-state index in [2.05, 4.69) is 17.0 Å². The minimum absolute atomic E-state index is 0.150. The van der Waals surface area contributed by atoms with Crippen LogP contribution in [0.5, 0.6) is 5.75 Å². The second-order valence-corrected chi connectivity index (χ2v) is 7.87. The van der Waals surface area contributed by atoms with Crippen molar-refractivity contribution >= 4 is 28.5 Å². The Bertz CT molecular complexity index is 983. The standard InChI is InChI=1S/C23H25ClN2O3/c1-28-20-7-8-21-18(16-29-22(21)14-20)13-23(27)26-10-2-9-25(11-12-26)15-17-3-5-19(24)6-4-17/h3-8,14,16H,2,9-13,15H2,1H3. The van der Waals surface area contributed by atoms with Gasteiger partial charge in [0.05, 0.1) is 19.8 Å². The van der Waals surface area contributed by atoms with Gasteiger partial charge in [0.15, 0.2) is 0 Å². The number of carbonyl (C=O) groups excluding carboxylic acids is 1. The molecular weight excluding hydrogens is 388 g/mol. The van der Waals surface area contributed by atoms with Crippen LogP contribution in [0.15, 0.2) is 53.1 Å². The predicted octanol–water partition coefficient (Wildman–Crippen LogP) is 4.37. The number of carbonyl (C=O) groups is 1. The molecule has 1 aromatic heterocycles. The highest BCUT2D eigenvalue weighted by Gasteiger charge is 2.21. The highest BCUT2D eigenvalue weighted by Crippen LogP contribution is 2.26. The summed E-state index contributed by atoms with van der Waals surface area (Å²) in [7, 11) is 1.63. The highest BCUT2D eigenvalue weighted by molar-refractivity contribution is 6.30. The fraction of sp³-hybridized carbons (Fsp3) is 0.348. The minimum Gasteiger partial charge on any atom is -0.497 e. The zero-order valence-corrected chi connectivity index (χ0v) is 17.3. The van der Waals surface area contributed by atoms with Crippen LogP contribution < -0.4 is 4.74 Å². The lowest BCUT2D eigenvalue weighted by atomic mass is 10.1. The number of ether oxygens (including phenoxy) is 1. The molecule has 0 unspecified atom stereocenters. The van der Waals surface area contributed by atoms with Crippen LogP contribution >= 0.6 is 11.6 Å². The lowest BCUT2D eigenvalue weighted by molar-refractivity contribution is -0.130. The van der Waals surface area contributed by atoms with Crippen molar-refractivity contribution in [3.8, 4) is 5.75 Å². The second kappa shape index (κ2) is 8.89. The molecule has 1 amide bonds.